The number of carboxylic acids is 1. The number of tetrazole rings is 1. The SMILES string of the molecule is CC(Cn1nnc(C(Oc2ccc(C[C@H](NC(=O)c3ccccc3)C(=O)NCCCCc3ccccc3)cc2)C(=O)O)n1)c1ccccc1. The molecule has 0 aliphatic rings. The van der Waals surface area contributed by atoms with Gasteiger partial charge in [0.15, 0.2) is 0 Å². The van der Waals surface area contributed by atoms with Gasteiger partial charge in [0.1, 0.15) is 11.8 Å². The van der Waals surface area contributed by atoms with Crippen LogP contribution in [-0.2, 0) is 29.0 Å². The van der Waals surface area contributed by atoms with E-state index >= 15 is 0 Å². The fraction of sp³-hybridized carbons (Fsp3) is 0.263. The van der Waals surface area contributed by atoms with Gasteiger partial charge in [-0.3, -0.25) is 9.59 Å². The zero-order chi connectivity index (χ0) is 34.4. The molecule has 2 amide bonds. The highest BCUT2D eigenvalue weighted by molar-refractivity contribution is 5.97. The molecule has 11 nitrogen and oxygen atoms in total. The summed E-state index contributed by atoms with van der Waals surface area (Å²) in [4.78, 5) is 39.8. The van der Waals surface area contributed by atoms with Crippen LogP contribution in [0.2, 0.25) is 0 Å². The second-order valence-electron chi connectivity index (χ2n) is 11.8. The van der Waals surface area contributed by atoms with Crippen LogP contribution in [-0.4, -0.2) is 55.7 Å². The van der Waals surface area contributed by atoms with Gasteiger partial charge in [-0.1, -0.05) is 97.9 Å². The molecule has 0 fully saturated rings. The maximum Gasteiger partial charge on any atom is 0.353 e. The average molecular weight is 661 g/mol. The smallest absolute Gasteiger partial charge is 0.353 e. The molecule has 5 aromatic rings. The molecule has 49 heavy (non-hydrogen) atoms. The quantitative estimate of drug-likeness (QED) is 0.116. The summed E-state index contributed by atoms with van der Waals surface area (Å²) in [7, 11) is 0. The standard InChI is InChI=1S/C38H40N6O5/c1-27(30-16-7-3-8-17-30)26-44-42-35(41-43-44)34(38(47)48)49-32-22-20-29(21-23-32)25-33(40-36(45)31-18-9-4-10-19-31)37(46)39-24-12-11-15-28-13-5-2-6-14-28/h2-10,13-14,16-23,27,33-34H,11-12,15,24-26H2,1H3,(H,39,46)(H,40,45)(H,47,48)/t27?,33-,34?/m0/s1. The Morgan fingerprint density at radius 1 is 0.816 bits per heavy atom. The lowest BCUT2D eigenvalue weighted by atomic mass is 10.0. The lowest BCUT2D eigenvalue weighted by molar-refractivity contribution is -0.145. The van der Waals surface area contributed by atoms with Crippen molar-refractivity contribution in [1.29, 1.82) is 0 Å². The number of hydrogen-bond donors (Lipinski definition) is 3. The number of aromatic nitrogens is 4. The molecule has 0 aliphatic carbocycles. The summed E-state index contributed by atoms with van der Waals surface area (Å²) in [5.74, 6) is -1.61. The number of carbonyl (C=O) groups is 3. The minimum Gasteiger partial charge on any atom is -0.478 e. The van der Waals surface area contributed by atoms with Crippen molar-refractivity contribution in [2.75, 3.05) is 6.54 Å². The number of aryl methyl sites for hydroxylation is 1. The lowest BCUT2D eigenvalue weighted by Gasteiger charge is -2.19. The van der Waals surface area contributed by atoms with Crippen LogP contribution in [0.4, 0.5) is 0 Å². The number of benzene rings is 4. The second kappa shape index (κ2) is 17.4. The molecular weight excluding hydrogens is 620 g/mol. The van der Waals surface area contributed by atoms with Crippen molar-refractivity contribution in [3.63, 3.8) is 0 Å². The van der Waals surface area contributed by atoms with E-state index in [4.69, 9.17) is 4.74 Å². The summed E-state index contributed by atoms with van der Waals surface area (Å²) >= 11 is 0. The van der Waals surface area contributed by atoms with E-state index in [2.05, 4.69) is 38.2 Å². The van der Waals surface area contributed by atoms with Gasteiger partial charge in [-0.25, -0.2) is 4.79 Å². The normalized spacial score (nSPS) is 12.8. The molecule has 0 saturated carbocycles. The van der Waals surface area contributed by atoms with Crippen LogP contribution in [0.5, 0.6) is 5.75 Å². The second-order valence-corrected chi connectivity index (χ2v) is 11.8. The van der Waals surface area contributed by atoms with E-state index in [0.717, 1.165) is 30.4 Å². The molecular formula is C38H40N6O5. The van der Waals surface area contributed by atoms with Gasteiger partial charge in [0.2, 0.25) is 11.7 Å². The van der Waals surface area contributed by atoms with Crippen molar-refractivity contribution in [3.8, 4) is 5.75 Å². The van der Waals surface area contributed by atoms with E-state index in [1.54, 1.807) is 48.5 Å². The van der Waals surface area contributed by atoms with E-state index in [0.29, 0.717) is 18.7 Å². The fourth-order valence-electron chi connectivity index (χ4n) is 5.33. The average Bonchev–Trinajstić information content (AvgIpc) is 3.59. The minimum atomic E-state index is -1.47. The number of aliphatic carboxylic acids is 1. The first-order valence-corrected chi connectivity index (χ1v) is 16.3. The number of rotatable bonds is 17. The highest BCUT2D eigenvalue weighted by atomic mass is 16.5. The van der Waals surface area contributed by atoms with Crippen LogP contribution in [0.15, 0.2) is 115 Å². The van der Waals surface area contributed by atoms with E-state index in [1.807, 2.05) is 61.5 Å². The number of unbranched alkanes of at least 4 members (excludes halogenated alkanes) is 1. The third-order valence-electron chi connectivity index (χ3n) is 8.04. The summed E-state index contributed by atoms with van der Waals surface area (Å²) < 4.78 is 5.78. The topological polar surface area (TPSA) is 148 Å². The first-order chi connectivity index (χ1) is 23.9. The molecule has 1 heterocycles. The van der Waals surface area contributed by atoms with E-state index < -0.39 is 18.1 Å². The molecule has 252 valence electrons. The number of nitrogens with zero attached hydrogens (tertiary/aromatic N) is 4. The molecule has 0 radical (unpaired) electrons. The number of carboxylic acid groups (broad SMARTS) is 1. The maximum absolute atomic E-state index is 13.3. The Balaban J connectivity index is 1.20. The van der Waals surface area contributed by atoms with E-state index in [-0.39, 0.29) is 35.7 Å². The van der Waals surface area contributed by atoms with Crippen LogP contribution < -0.4 is 15.4 Å². The van der Waals surface area contributed by atoms with E-state index in [1.165, 1.54) is 10.4 Å². The summed E-state index contributed by atoms with van der Waals surface area (Å²) in [5, 5.41) is 28.0. The summed E-state index contributed by atoms with van der Waals surface area (Å²) in [6.45, 7) is 2.93. The van der Waals surface area contributed by atoms with Crippen molar-refractivity contribution in [2.45, 2.75) is 57.2 Å². The van der Waals surface area contributed by atoms with Crippen molar-refractivity contribution >= 4 is 17.8 Å². The Morgan fingerprint density at radius 2 is 1.47 bits per heavy atom. The van der Waals surface area contributed by atoms with Gasteiger partial charge in [0.25, 0.3) is 12.0 Å². The molecule has 5 rings (SSSR count). The Bertz CT molecular complexity index is 1780. The predicted molar refractivity (Wildman–Crippen MR) is 184 cm³/mol. The third-order valence-corrected chi connectivity index (χ3v) is 8.04. The van der Waals surface area contributed by atoms with Crippen molar-refractivity contribution in [3.05, 3.63) is 143 Å². The molecule has 4 aromatic carbocycles. The van der Waals surface area contributed by atoms with Crippen molar-refractivity contribution in [1.82, 2.24) is 30.8 Å². The van der Waals surface area contributed by atoms with Gasteiger partial charge in [-0.2, -0.15) is 4.80 Å². The number of ether oxygens (including phenoxy) is 1. The number of nitrogens with one attached hydrogen (secondary N) is 2. The van der Waals surface area contributed by atoms with Gasteiger partial charge < -0.3 is 20.5 Å². The molecule has 11 heteroatoms. The Hall–Kier alpha value is -5.84. The molecule has 0 bridgehead atoms. The zero-order valence-electron chi connectivity index (χ0n) is 27.3. The molecule has 3 N–H and O–H groups in total. The fourth-order valence-corrected chi connectivity index (χ4v) is 5.33. The lowest BCUT2D eigenvalue weighted by Crippen LogP contribution is -2.48. The molecule has 3 atom stereocenters. The Kier molecular flexibility index (Phi) is 12.2. The van der Waals surface area contributed by atoms with Gasteiger partial charge in [-0.05, 0) is 65.4 Å². The molecule has 0 saturated heterocycles. The highest BCUT2D eigenvalue weighted by Crippen LogP contribution is 2.22. The summed E-state index contributed by atoms with van der Waals surface area (Å²) in [6.07, 6.45) is 1.38. The first-order valence-electron chi connectivity index (χ1n) is 16.3. The Labute approximate surface area is 285 Å². The third kappa shape index (κ3) is 10.3. The summed E-state index contributed by atoms with van der Waals surface area (Å²) in [6, 6.07) is 34.6. The van der Waals surface area contributed by atoms with Crippen molar-refractivity contribution in [2.24, 2.45) is 0 Å². The molecule has 1 aromatic heterocycles. The van der Waals surface area contributed by atoms with Crippen LogP contribution >= 0.6 is 0 Å². The maximum atomic E-state index is 13.3. The largest absolute Gasteiger partial charge is 0.478 e. The van der Waals surface area contributed by atoms with Gasteiger partial charge in [0.05, 0.1) is 6.54 Å². The first kappa shape index (κ1) is 34.5. The van der Waals surface area contributed by atoms with Crippen LogP contribution in [0.3, 0.4) is 0 Å². The van der Waals surface area contributed by atoms with Gasteiger partial charge >= 0.3 is 5.97 Å². The molecule has 0 spiro atoms. The van der Waals surface area contributed by atoms with Crippen LogP contribution in [0.25, 0.3) is 0 Å². The zero-order valence-corrected chi connectivity index (χ0v) is 27.3. The number of hydrogen-bond acceptors (Lipinski definition) is 7. The van der Waals surface area contributed by atoms with Crippen LogP contribution in [0.1, 0.15) is 64.7 Å². The minimum absolute atomic E-state index is 0.0685. The predicted octanol–water partition coefficient (Wildman–Crippen LogP) is 5.16. The van der Waals surface area contributed by atoms with Crippen LogP contribution in [0, 0.1) is 0 Å². The Morgan fingerprint density at radius 3 is 2.14 bits per heavy atom. The van der Waals surface area contributed by atoms with Gasteiger partial charge in [0, 0.05) is 24.4 Å². The monoisotopic (exact) mass is 660 g/mol. The molecule has 2 unspecified atom stereocenters. The number of carbonyl (C=O) groups excluding carboxylic acids is 2. The molecule has 0 aliphatic heterocycles. The van der Waals surface area contributed by atoms with Crippen molar-refractivity contribution < 1.29 is 24.2 Å². The number of amides is 2. The van der Waals surface area contributed by atoms with E-state index in [9.17, 15) is 19.5 Å². The van der Waals surface area contributed by atoms with Gasteiger partial charge in [-0.15, -0.1) is 10.2 Å². The summed E-state index contributed by atoms with van der Waals surface area (Å²) in [5.41, 5.74) is 3.55. The highest BCUT2D eigenvalue weighted by Gasteiger charge is 2.28.